The fourth-order valence-electron chi connectivity index (χ4n) is 10.4. The van der Waals surface area contributed by atoms with Crippen LogP contribution >= 0.6 is 0 Å². The summed E-state index contributed by atoms with van der Waals surface area (Å²) in [4.78, 5) is 50.9. The number of hydrogen-bond donors (Lipinski definition) is 22. The zero-order valence-electron chi connectivity index (χ0n) is 43.9. The van der Waals surface area contributed by atoms with E-state index in [9.17, 15) is 116 Å². The SMILES string of the molecule is CC(=O)N[C@H]1[C@H](O[C@H]2[C@@H](O)[C@@H](CO)O[C@@H](O[C@H]3[C@H](O)[C@@H](O)[C@H](O)O[C@@H]3CO)[C@@H]2O)O[C@H](CO)[C@@H](O[C@@H]2O[C@H](CO)[C@H](O)[C@H](O[C@@H]3O[C@H](CO)[C@H](O)[C@H](O[C@]4(C(=O)O)C[C@H](O)[C@@H](NC(C)=O)[C@H]([C@H](O)[C@H](O)CO)O4)[C@H]3NC(C)=O)[C@H]2O)[C@@H]1O. The van der Waals surface area contributed by atoms with Crippen LogP contribution in [0.15, 0.2) is 0 Å². The van der Waals surface area contributed by atoms with Gasteiger partial charge in [0, 0.05) is 27.2 Å². The summed E-state index contributed by atoms with van der Waals surface area (Å²) in [6, 6.07) is -5.56. The Morgan fingerprint density at radius 3 is 1.32 bits per heavy atom. The normalized spacial score (nSPS) is 46.3. The smallest absolute Gasteiger partial charge is 0.364 e. The van der Waals surface area contributed by atoms with Crippen LogP contribution in [0.5, 0.6) is 0 Å². The molecular formula is C45H75N3O34. The van der Waals surface area contributed by atoms with Crippen molar-refractivity contribution in [1.29, 1.82) is 0 Å². The average Bonchev–Trinajstić information content (AvgIpc) is 3.43. The Bertz CT molecular complexity index is 2090. The quantitative estimate of drug-likeness (QED) is 0.0479. The number of carbonyl (C=O) groups excluding carboxylic acids is 3. The number of ether oxygens (including phenoxy) is 11. The zero-order chi connectivity index (χ0) is 61.0. The van der Waals surface area contributed by atoms with Crippen molar-refractivity contribution in [3.05, 3.63) is 0 Å². The number of carboxylic acid groups (broad SMARTS) is 1. The number of aliphatic carboxylic acids is 1. The molecule has 0 spiro atoms. The van der Waals surface area contributed by atoms with Crippen LogP contribution in [0, 0.1) is 0 Å². The topological polar surface area (TPSA) is 590 Å². The van der Waals surface area contributed by atoms with Crippen LogP contribution in [0.4, 0.5) is 0 Å². The monoisotopic (exact) mass is 1200 g/mol. The maximum atomic E-state index is 13.2. The molecule has 6 aliphatic heterocycles. The molecule has 0 aromatic rings. The van der Waals surface area contributed by atoms with Crippen molar-refractivity contribution < 1.29 is 168 Å². The van der Waals surface area contributed by atoms with Crippen LogP contribution < -0.4 is 16.0 Å². The van der Waals surface area contributed by atoms with Gasteiger partial charge < -0.3 is 165 Å². The summed E-state index contributed by atoms with van der Waals surface area (Å²) in [5, 5.41) is 212. The molecule has 37 heteroatoms. The molecule has 0 unspecified atom stereocenters. The molecule has 37 nitrogen and oxygen atoms in total. The first-order valence-electron chi connectivity index (χ1n) is 25.7. The van der Waals surface area contributed by atoms with E-state index in [1.807, 2.05) is 0 Å². The van der Waals surface area contributed by atoms with Gasteiger partial charge in [0.1, 0.15) is 140 Å². The lowest BCUT2D eigenvalue weighted by Gasteiger charge is -2.52. The average molecular weight is 1200 g/mol. The first-order chi connectivity index (χ1) is 38.6. The molecule has 0 saturated carbocycles. The molecule has 3 amide bonds. The molecular weight excluding hydrogens is 1130 g/mol. The number of rotatable bonds is 22. The van der Waals surface area contributed by atoms with Crippen molar-refractivity contribution in [3.63, 3.8) is 0 Å². The van der Waals surface area contributed by atoms with Gasteiger partial charge in [-0.15, -0.1) is 0 Å². The second kappa shape index (κ2) is 28.9. The van der Waals surface area contributed by atoms with Gasteiger partial charge in [0.2, 0.25) is 17.7 Å². The Morgan fingerprint density at radius 2 is 0.866 bits per heavy atom. The van der Waals surface area contributed by atoms with E-state index in [1.165, 1.54) is 0 Å². The van der Waals surface area contributed by atoms with Crippen molar-refractivity contribution in [3.8, 4) is 0 Å². The molecule has 6 saturated heterocycles. The summed E-state index contributed by atoms with van der Waals surface area (Å²) in [5.74, 6) is -8.03. The fourth-order valence-corrected chi connectivity index (χ4v) is 10.4. The third kappa shape index (κ3) is 14.6. The van der Waals surface area contributed by atoms with Gasteiger partial charge in [0.15, 0.2) is 31.5 Å². The van der Waals surface area contributed by atoms with E-state index in [2.05, 4.69) is 16.0 Å². The Morgan fingerprint density at radius 1 is 0.476 bits per heavy atom. The molecule has 22 N–H and O–H groups in total. The first-order valence-corrected chi connectivity index (χ1v) is 25.7. The van der Waals surface area contributed by atoms with E-state index in [1.54, 1.807) is 0 Å². The Labute approximate surface area is 463 Å². The van der Waals surface area contributed by atoms with Crippen LogP contribution in [0.2, 0.25) is 0 Å². The fraction of sp³-hybridized carbons (Fsp3) is 0.911. The molecule has 6 fully saturated rings. The maximum absolute atomic E-state index is 13.2. The van der Waals surface area contributed by atoms with Crippen LogP contribution in [0.3, 0.4) is 0 Å². The Balaban J connectivity index is 1.27. The first kappa shape index (κ1) is 67.8. The van der Waals surface area contributed by atoms with Gasteiger partial charge in [-0.1, -0.05) is 0 Å². The lowest BCUT2D eigenvalue weighted by Crippen LogP contribution is -2.72. The third-order valence-corrected chi connectivity index (χ3v) is 14.6. The van der Waals surface area contributed by atoms with Crippen LogP contribution in [-0.4, -0.2) is 350 Å². The van der Waals surface area contributed by atoms with Gasteiger partial charge in [-0.25, -0.2) is 4.79 Å². The van der Waals surface area contributed by atoms with Crippen molar-refractivity contribution in [2.24, 2.45) is 0 Å². The molecule has 82 heavy (non-hydrogen) atoms. The molecule has 0 aliphatic carbocycles. The Hall–Kier alpha value is -3.28. The van der Waals surface area contributed by atoms with E-state index in [4.69, 9.17) is 52.1 Å². The van der Waals surface area contributed by atoms with Crippen molar-refractivity contribution in [2.75, 3.05) is 39.6 Å². The predicted molar refractivity (Wildman–Crippen MR) is 251 cm³/mol. The lowest BCUT2D eigenvalue weighted by atomic mass is 9.88. The van der Waals surface area contributed by atoms with Crippen LogP contribution in [0.1, 0.15) is 27.2 Å². The zero-order valence-corrected chi connectivity index (χ0v) is 43.9. The summed E-state index contributed by atoms with van der Waals surface area (Å²) in [6.45, 7) is -3.60. The van der Waals surface area contributed by atoms with Crippen molar-refractivity contribution in [2.45, 2.75) is 217 Å². The number of carbonyl (C=O) groups is 4. The highest BCUT2D eigenvalue weighted by Gasteiger charge is 2.62. The van der Waals surface area contributed by atoms with Crippen LogP contribution in [0.25, 0.3) is 0 Å². The molecule has 31 atom stereocenters. The van der Waals surface area contributed by atoms with Gasteiger partial charge >= 0.3 is 5.97 Å². The van der Waals surface area contributed by atoms with Gasteiger partial charge in [-0.05, 0) is 0 Å². The molecule has 0 radical (unpaired) electrons. The summed E-state index contributed by atoms with van der Waals surface area (Å²) in [6.07, 6.45) is -56.0. The van der Waals surface area contributed by atoms with Crippen molar-refractivity contribution >= 4 is 23.7 Å². The van der Waals surface area contributed by atoms with Crippen LogP contribution in [-0.2, 0) is 71.3 Å². The highest BCUT2D eigenvalue weighted by Crippen LogP contribution is 2.40. The number of aliphatic hydroxyl groups is 18. The van der Waals surface area contributed by atoms with E-state index in [-0.39, 0.29) is 0 Å². The summed E-state index contributed by atoms with van der Waals surface area (Å²) in [7, 11) is 0. The van der Waals surface area contributed by atoms with E-state index in [0.29, 0.717) is 0 Å². The van der Waals surface area contributed by atoms with E-state index < -0.39 is 259 Å². The van der Waals surface area contributed by atoms with Crippen molar-refractivity contribution in [1.82, 2.24) is 16.0 Å². The Kier molecular flexibility index (Phi) is 23.9. The molecule has 6 aliphatic rings. The minimum Gasteiger partial charge on any atom is -0.477 e. The molecule has 6 rings (SSSR count). The number of carboxylic acids is 1. The predicted octanol–water partition coefficient (Wildman–Crippen LogP) is -14.5. The van der Waals surface area contributed by atoms with Gasteiger partial charge in [-0.3, -0.25) is 14.4 Å². The highest BCUT2D eigenvalue weighted by molar-refractivity contribution is 5.77. The summed E-state index contributed by atoms with van der Waals surface area (Å²) >= 11 is 0. The number of hydrogen-bond acceptors (Lipinski definition) is 33. The molecule has 474 valence electrons. The second-order valence-electron chi connectivity index (χ2n) is 20.4. The van der Waals surface area contributed by atoms with E-state index >= 15 is 0 Å². The lowest BCUT2D eigenvalue weighted by molar-refractivity contribution is -0.387. The molecule has 6 heterocycles. The third-order valence-electron chi connectivity index (χ3n) is 14.6. The van der Waals surface area contributed by atoms with E-state index in [0.717, 1.165) is 20.8 Å². The maximum Gasteiger partial charge on any atom is 0.364 e. The summed E-state index contributed by atoms with van der Waals surface area (Å²) < 4.78 is 63.0. The van der Waals surface area contributed by atoms with Gasteiger partial charge in [-0.2, -0.15) is 0 Å². The number of amides is 3. The van der Waals surface area contributed by atoms with Gasteiger partial charge in [0.25, 0.3) is 5.79 Å². The number of aliphatic hydroxyl groups excluding tert-OH is 18. The highest BCUT2D eigenvalue weighted by atomic mass is 16.8. The molecule has 0 aromatic heterocycles. The summed E-state index contributed by atoms with van der Waals surface area (Å²) in [5.41, 5.74) is 0. The standard InChI is InChI=1S/C45H75N3O34/c1-11(55)46-21-14(58)4-45(44(70)71,81-35(21)24(60)15(59)5-49)82-36-23(48-13(3)57)41(73-16(6-50)25(36)61)80-38-27(63)18(8-52)74-42(32(38)68)77-33-20(10-54)76-40(22(28(33)64)47-12(2)56)79-37-26(62)17(7-51)75-43(31(37)67)78-34-19(9-53)72-39(69)30(66)29(34)65/h14-43,49-54,58-69H,4-10H2,1-3H3,(H,46,55)(H,47,56)(H,48,57)(H,70,71)/t14-,15+,16+,17+,18+,19+,20+,21+,22+,23+,24+,25-,26-,27-,28+,29+,30+,31+,32+,33+,34+,35+,36+,37-,38-,39+,40-,41-,42-,43-,45-/m0/s1. The van der Waals surface area contributed by atoms with Gasteiger partial charge in [0.05, 0.1) is 51.8 Å². The minimum atomic E-state index is -3.22. The largest absolute Gasteiger partial charge is 0.477 e. The minimum absolute atomic E-state index is 0.837. The number of nitrogens with one attached hydrogen (secondary N) is 3. The second-order valence-corrected chi connectivity index (χ2v) is 20.4. The molecule has 0 aromatic carbocycles. The molecule has 0 bridgehead atoms.